The Balaban J connectivity index is 1.16. The van der Waals surface area contributed by atoms with Crippen molar-refractivity contribution in [3.8, 4) is 34.4 Å². The van der Waals surface area contributed by atoms with Crippen molar-refractivity contribution in [2.75, 3.05) is 0 Å². The van der Waals surface area contributed by atoms with Crippen LogP contribution in [-0.2, 0) is 0 Å². The van der Waals surface area contributed by atoms with Crippen LogP contribution in [0.25, 0.3) is 132 Å². The Morgan fingerprint density at radius 1 is 0.333 bits per heavy atom. The lowest BCUT2D eigenvalue weighted by atomic mass is 10.0. The maximum atomic E-state index is 6.83. The van der Waals surface area contributed by atoms with Crippen molar-refractivity contribution in [3.63, 3.8) is 0 Å². The van der Waals surface area contributed by atoms with Crippen LogP contribution in [0.1, 0.15) is 0 Å². The van der Waals surface area contributed by atoms with E-state index in [1.165, 1.54) is 32.3 Å². The molecule has 0 aliphatic rings. The van der Waals surface area contributed by atoms with Gasteiger partial charge in [0, 0.05) is 43.4 Å². The van der Waals surface area contributed by atoms with Gasteiger partial charge in [0.05, 0.1) is 27.8 Å². The zero-order valence-electron chi connectivity index (χ0n) is 33.7. The normalized spacial score (nSPS) is 12.1. The first-order valence-corrected chi connectivity index (χ1v) is 21.3. The first kappa shape index (κ1) is 34.1. The summed E-state index contributed by atoms with van der Waals surface area (Å²) in [7, 11) is 0. The highest BCUT2D eigenvalue weighted by atomic mass is 16.3. The van der Waals surface area contributed by atoms with Gasteiger partial charge in [0.25, 0.3) is 0 Å². The summed E-state index contributed by atoms with van der Waals surface area (Å²) in [6.07, 6.45) is 0. The van der Waals surface area contributed by atoms with Gasteiger partial charge in [-0.3, -0.25) is 4.57 Å². The number of aromatic nitrogens is 5. The van der Waals surface area contributed by atoms with Crippen LogP contribution in [-0.4, -0.2) is 24.1 Å². The summed E-state index contributed by atoms with van der Waals surface area (Å²) >= 11 is 0. The third-order valence-electron chi connectivity index (χ3n) is 12.9. The third-order valence-corrected chi connectivity index (χ3v) is 12.9. The van der Waals surface area contributed by atoms with Crippen LogP contribution in [0.5, 0.6) is 0 Å². The summed E-state index contributed by atoms with van der Waals surface area (Å²) in [5.41, 5.74) is 8.50. The average molecular weight is 804 g/mol. The highest BCUT2D eigenvalue weighted by molar-refractivity contribution is 6.21. The van der Waals surface area contributed by atoms with Crippen LogP contribution in [0, 0.1) is 0 Å². The zero-order chi connectivity index (χ0) is 41.2. The Hall–Kier alpha value is -8.61. The number of para-hydroxylation sites is 2. The van der Waals surface area contributed by atoms with Crippen molar-refractivity contribution < 1.29 is 4.42 Å². The van der Waals surface area contributed by atoms with Crippen molar-refractivity contribution >= 4 is 97.9 Å². The molecule has 0 N–H and O–H groups in total. The monoisotopic (exact) mass is 803 g/mol. The minimum Gasteiger partial charge on any atom is -0.456 e. The van der Waals surface area contributed by atoms with Crippen LogP contribution in [0.4, 0.5) is 0 Å². The lowest BCUT2D eigenvalue weighted by Gasteiger charge is -2.16. The maximum Gasteiger partial charge on any atom is 0.238 e. The molecule has 0 unspecified atom stereocenters. The van der Waals surface area contributed by atoms with Gasteiger partial charge in [-0.05, 0) is 86.9 Å². The molecule has 63 heavy (non-hydrogen) atoms. The molecule has 0 bridgehead atoms. The predicted molar refractivity (Wildman–Crippen MR) is 259 cm³/mol. The molecule has 6 heteroatoms. The highest BCUT2D eigenvalue weighted by Gasteiger charge is 2.24. The van der Waals surface area contributed by atoms with Gasteiger partial charge >= 0.3 is 0 Å². The second kappa shape index (κ2) is 12.9. The molecule has 0 saturated heterocycles. The Morgan fingerprint density at radius 3 is 1.52 bits per heavy atom. The molecule has 0 radical (unpaired) electrons. The van der Waals surface area contributed by atoms with Gasteiger partial charge in [0.1, 0.15) is 11.2 Å². The molecule has 0 aliphatic carbocycles. The van der Waals surface area contributed by atoms with E-state index in [1.807, 2.05) is 18.2 Å². The number of rotatable bonds is 4. The molecule has 292 valence electrons. The number of fused-ring (bicyclic) bond motifs is 13. The number of hydrogen-bond acceptors (Lipinski definition) is 4. The van der Waals surface area contributed by atoms with Crippen LogP contribution >= 0.6 is 0 Å². The molecule has 6 nitrogen and oxygen atoms in total. The molecule has 4 aromatic heterocycles. The Bertz CT molecular complexity index is 4070. The molecule has 14 aromatic rings. The van der Waals surface area contributed by atoms with E-state index < -0.39 is 0 Å². The second-order valence-corrected chi connectivity index (χ2v) is 16.4. The fraction of sp³-hybridized carbons (Fsp3) is 0. The molecule has 0 saturated carbocycles. The first-order valence-electron chi connectivity index (χ1n) is 21.3. The molecule has 0 amide bonds. The molecule has 0 atom stereocenters. The van der Waals surface area contributed by atoms with Crippen LogP contribution in [0.15, 0.2) is 205 Å². The van der Waals surface area contributed by atoms with Crippen molar-refractivity contribution in [2.45, 2.75) is 0 Å². The van der Waals surface area contributed by atoms with Crippen molar-refractivity contribution in [1.29, 1.82) is 0 Å². The molecular weight excluding hydrogens is 771 g/mol. The van der Waals surface area contributed by atoms with E-state index in [9.17, 15) is 0 Å². The summed E-state index contributed by atoms with van der Waals surface area (Å²) in [5, 5.41) is 13.8. The van der Waals surface area contributed by atoms with E-state index in [-0.39, 0.29) is 0 Å². The van der Waals surface area contributed by atoms with Gasteiger partial charge in [0.15, 0.2) is 11.6 Å². The quantitative estimate of drug-likeness (QED) is 0.178. The van der Waals surface area contributed by atoms with Gasteiger partial charge < -0.3 is 8.98 Å². The lowest BCUT2D eigenvalue weighted by molar-refractivity contribution is 0.669. The zero-order valence-corrected chi connectivity index (χ0v) is 33.7. The van der Waals surface area contributed by atoms with E-state index in [0.29, 0.717) is 17.6 Å². The Kier molecular flexibility index (Phi) is 7.02. The topological polar surface area (TPSA) is 61.7 Å². The minimum absolute atomic E-state index is 0.539. The van der Waals surface area contributed by atoms with E-state index >= 15 is 0 Å². The smallest absolute Gasteiger partial charge is 0.238 e. The van der Waals surface area contributed by atoms with E-state index in [0.717, 1.165) is 82.4 Å². The highest BCUT2D eigenvalue weighted by Crippen LogP contribution is 2.44. The van der Waals surface area contributed by atoms with Crippen molar-refractivity contribution in [1.82, 2.24) is 24.1 Å². The molecule has 0 spiro atoms. The van der Waals surface area contributed by atoms with Crippen molar-refractivity contribution in [2.24, 2.45) is 0 Å². The van der Waals surface area contributed by atoms with Crippen molar-refractivity contribution in [3.05, 3.63) is 200 Å². The largest absolute Gasteiger partial charge is 0.456 e. The van der Waals surface area contributed by atoms with E-state index in [2.05, 4.69) is 191 Å². The fourth-order valence-corrected chi connectivity index (χ4v) is 10.0. The minimum atomic E-state index is 0.539. The summed E-state index contributed by atoms with van der Waals surface area (Å²) in [6.45, 7) is 0. The van der Waals surface area contributed by atoms with Gasteiger partial charge in [-0.25, -0.2) is 4.98 Å². The first-order chi connectivity index (χ1) is 31.2. The Morgan fingerprint density at radius 2 is 0.873 bits per heavy atom. The predicted octanol–water partition coefficient (Wildman–Crippen LogP) is 14.8. The number of furan rings is 1. The van der Waals surface area contributed by atoms with Gasteiger partial charge in [-0.2, -0.15) is 9.97 Å². The fourth-order valence-electron chi connectivity index (χ4n) is 10.0. The molecule has 14 rings (SSSR count). The van der Waals surface area contributed by atoms with Gasteiger partial charge in [0.2, 0.25) is 5.95 Å². The SMILES string of the molecule is c1ccc(-c2nc(-c3cc4oc5ccc6ccccc6c5c4cc3-n3c4cc5ccccc5cc4c4cc5ccccc5cc43)nc(-n3c4ccccc4c4ccccc43)n2)cc1. The standard InChI is InChI=1S/C57H33N5O/c1-2-15-35(16-3-1)55-58-56(60-57(59-55)62-47-24-12-10-22-41(47)42-23-11-13-25-48(42)62)45-33-53-46(54-40-21-9-8-14-34(40)26-27-52(54)63-53)32-51(45)61-49-30-38-19-6-4-17-36(38)28-43(49)44-29-37-18-5-7-20-39(37)31-50(44)61/h1-33H. The average Bonchev–Trinajstić information content (AvgIpc) is 3.99. The summed E-state index contributed by atoms with van der Waals surface area (Å²) in [6, 6.07) is 71.0. The van der Waals surface area contributed by atoms with Gasteiger partial charge in [-0.15, -0.1) is 0 Å². The number of nitrogens with zero attached hydrogens (tertiary/aromatic N) is 5. The lowest BCUT2D eigenvalue weighted by Crippen LogP contribution is -2.08. The number of benzene rings is 10. The van der Waals surface area contributed by atoms with E-state index in [1.54, 1.807) is 0 Å². The maximum absolute atomic E-state index is 6.83. The van der Waals surface area contributed by atoms with Crippen LogP contribution < -0.4 is 0 Å². The molecule has 4 heterocycles. The van der Waals surface area contributed by atoms with Crippen LogP contribution in [0.2, 0.25) is 0 Å². The molecular formula is C57H33N5O. The summed E-state index contributed by atoms with van der Waals surface area (Å²) < 4.78 is 11.4. The molecule has 0 aliphatic heterocycles. The molecule has 10 aromatic carbocycles. The van der Waals surface area contributed by atoms with Crippen LogP contribution in [0.3, 0.4) is 0 Å². The Labute approximate surface area is 359 Å². The summed E-state index contributed by atoms with van der Waals surface area (Å²) in [4.78, 5) is 16.2. The van der Waals surface area contributed by atoms with E-state index in [4.69, 9.17) is 19.4 Å². The number of hydrogen-bond donors (Lipinski definition) is 0. The summed E-state index contributed by atoms with van der Waals surface area (Å²) in [5.74, 6) is 1.66. The second-order valence-electron chi connectivity index (χ2n) is 16.4. The molecule has 0 fully saturated rings. The van der Waals surface area contributed by atoms with Gasteiger partial charge in [-0.1, -0.05) is 146 Å². The third kappa shape index (κ3) is 5.03.